The quantitative estimate of drug-likeness (QED) is 0.526. The van der Waals surface area contributed by atoms with Crippen LogP contribution in [0.4, 0.5) is 11.4 Å². The first-order chi connectivity index (χ1) is 14.2. The van der Waals surface area contributed by atoms with E-state index in [1.165, 1.54) is 0 Å². The van der Waals surface area contributed by atoms with Gasteiger partial charge in [-0.1, -0.05) is 60.7 Å². The number of allylic oxidation sites excluding steroid dienone is 2. The number of para-hydroxylation sites is 3. The molecule has 29 heavy (non-hydrogen) atoms. The third-order valence-electron chi connectivity index (χ3n) is 5.94. The number of amides is 1. The summed E-state index contributed by atoms with van der Waals surface area (Å²) in [4.78, 5) is 13.1. The summed E-state index contributed by atoms with van der Waals surface area (Å²) in [5.74, 6) is 0.672. The van der Waals surface area contributed by atoms with Crippen molar-refractivity contribution in [2.24, 2.45) is 5.92 Å². The van der Waals surface area contributed by atoms with Crippen LogP contribution >= 0.6 is 0 Å². The topological polar surface area (TPSA) is 61.4 Å². The molecule has 5 rings (SSSR count). The lowest BCUT2D eigenvalue weighted by Gasteiger charge is -2.38. The van der Waals surface area contributed by atoms with Crippen molar-refractivity contribution in [3.05, 3.63) is 102 Å². The molecule has 3 N–H and O–H groups in total. The molecular weight excluding hydrogens is 360 g/mol. The van der Waals surface area contributed by atoms with Gasteiger partial charge in [-0.15, -0.1) is 0 Å². The summed E-state index contributed by atoms with van der Waals surface area (Å²) in [5, 5.41) is 17.1. The van der Waals surface area contributed by atoms with Gasteiger partial charge in [-0.25, -0.2) is 0 Å². The van der Waals surface area contributed by atoms with Gasteiger partial charge in [0.15, 0.2) is 0 Å². The van der Waals surface area contributed by atoms with Gasteiger partial charge in [0.25, 0.3) is 5.91 Å². The van der Waals surface area contributed by atoms with E-state index in [4.69, 9.17) is 0 Å². The number of carbonyl (C=O) groups is 1. The third kappa shape index (κ3) is 3.07. The molecule has 3 aromatic rings. The Morgan fingerprint density at radius 1 is 0.931 bits per heavy atom. The van der Waals surface area contributed by atoms with E-state index in [0.29, 0.717) is 11.5 Å². The van der Waals surface area contributed by atoms with Crippen LogP contribution in [0.1, 0.15) is 39.9 Å². The number of anilines is 2. The van der Waals surface area contributed by atoms with Gasteiger partial charge < -0.3 is 15.7 Å². The van der Waals surface area contributed by atoms with Gasteiger partial charge in [0, 0.05) is 17.2 Å². The van der Waals surface area contributed by atoms with Gasteiger partial charge in [-0.05, 0) is 42.2 Å². The van der Waals surface area contributed by atoms with Gasteiger partial charge in [0.05, 0.1) is 17.3 Å². The average Bonchev–Trinajstić information content (AvgIpc) is 3.24. The van der Waals surface area contributed by atoms with Gasteiger partial charge in [0.2, 0.25) is 0 Å². The van der Waals surface area contributed by atoms with Crippen LogP contribution in [0.2, 0.25) is 0 Å². The van der Waals surface area contributed by atoms with Crippen molar-refractivity contribution in [1.82, 2.24) is 0 Å². The number of rotatable bonds is 3. The second kappa shape index (κ2) is 7.13. The molecule has 3 unspecified atom stereocenters. The number of carbonyl (C=O) groups excluding carboxylic acids is 1. The Bertz CT molecular complexity index is 1090. The highest BCUT2D eigenvalue weighted by molar-refractivity contribution is 6.08. The monoisotopic (exact) mass is 382 g/mol. The lowest BCUT2D eigenvalue weighted by molar-refractivity contribution is 0.102. The minimum atomic E-state index is -0.142. The molecule has 4 heteroatoms. The van der Waals surface area contributed by atoms with Crippen molar-refractivity contribution in [2.75, 3.05) is 10.6 Å². The molecule has 3 atom stereocenters. The van der Waals surface area contributed by atoms with Crippen LogP contribution in [0.15, 0.2) is 84.9 Å². The second-order valence-electron chi connectivity index (χ2n) is 7.62. The summed E-state index contributed by atoms with van der Waals surface area (Å²) in [6.45, 7) is 0. The lowest BCUT2D eigenvalue weighted by Crippen LogP contribution is -2.31. The average molecular weight is 382 g/mol. The maximum Gasteiger partial charge on any atom is 0.257 e. The summed E-state index contributed by atoms with van der Waals surface area (Å²) in [7, 11) is 0. The molecule has 1 aliphatic heterocycles. The maximum atomic E-state index is 13.1. The van der Waals surface area contributed by atoms with E-state index in [9.17, 15) is 9.90 Å². The minimum Gasteiger partial charge on any atom is -0.508 e. The molecule has 0 bridgehead atoms. The molecule has 0 saturated heterocycles. The number of nitrogens with one attached hydrogen (secondary N) is 2. The Labute approximate surface area is 169 Å². The molecule has 3 aromatic carbocycles. The van der Waals surface area contributed by atoms with Crippen molar-refractivity contribution in [1.29, 1.82) is 0 Å². The molecule has 0 aromatic heterocycles. The number of benzene rings is 3. The first-order valence-corrected chi connectivity index (χ1v) is 9.93. The fourth-order valence-electron chi connectivity index (χ4n) is 4.59. The Morgan fingerprint density at radius 2 is 1.69 bits per heavy atom. The van der Waals surface area contributed by atoms with Crippen molar-refractivity contribution in [2.45, 2.75) is 18.4 Å². The smallest absolute Gasteiger partial charge is 0.257 e. The summed E-state index contributed by atoms with van der Waals surface area (Å²) >= 11 is 0. The lowest BCUT2D eigenvalue weighted by atomic mass is 9.76. The van der Waals surface area contributed by atoms with Crippen LogP contribution in [0.5, 0.6) is 5.75 Å². The molecule has 0 radical (unpaired) electrons. The van der Waals surface area contributed by atoms with Crippen molar-refractivity contribution >= 4 is 17.3 Å². The van der Waals surface area contributed by atoms with E-state index in [2.05, 4.69) is 28.9 Å². The number of fused-ring (bicyclic) bond motifs is 3. The first-order valence-electron chi connectivity index (χ1n) is 9.93. The minimum absolute atomic E-state index is 0.0608. The number of hydrogen-bond acceptors (Lipinski definition) is 3. The number of hydrogen-bond donors (Lipinski definition) is 3. The predicted octanol–water partition coefficient (Wildman–Crippen LogP) is 5.47. The van der Waals surface area contributed by atoms with Crippen LogP contribution in [-0.2, 0) is 0 Å². The fraction of sp³-hybridized carbons (Fsp3) is 0.160. The summed E-state index contributed by atoms with van der Waals surface area (Å²) < 4.78 is 0. The van der Waals surface area contributed by atoms with Crippen molar-refractivity contribution < 1.29 is 9.90 Å². The molecular formula is C25H22N2O2. The number of aromatic hydroxyl groups is 1. The molecule has 0 spiro atoms. The molecule has 2 aliphatic rings. The largest absolute Gasteiger partial charge is 0.508 e. The van der Waals surface area contributed by atoms with Gasteiger partial charge in [0.1, 0.15) is 5.75 Å². The van der Waals surface area contributed by atoms with Crippen LogP contribution in [-0.4, -0.2) is 11.0 Å². The Morgan fingerprint density at radius 3 is 2.52 bits per heavy atom. The Hall–Kier alpha value is -3.53. The molecule has 1 heterocycles. The molecule has 4 nitrogen and oxygen atoms in total. The van der Waals surface area contributed by atoms with E-state index in [-0.39, 0.29) is 23.6 Å². The Kier molecular flexibility index (Phi) is 4.32. The molecule has 1 amide bonds. The van der Waals surface area contributed by atoms with E-state index < -0.39 is 0 Å². The van der Waals surface area contributed by atoms with Crippen LogP contribution in [0.25, 0.3) is 0 Å². The first kappa shape index (κ1) is 17.6. The van der Waals surface area contributed by atoms with Crippen LogP contribution in [0, 0.1) is 5.92 Å². The maximum absolute atomic E-state index is 13.1. The van der Waals surface area contributed by atoms with E-state index >= 15 is 0 Å². The zero-order valence-corrected chi connectivity index (χ0v) is 15.9. The highest BCUT2D eigenvalue weighted by Crippen LogP contribution is 2.51. The van der Waals surface area contributed by atoms with Crippen molar-refractivity contribution in [3.8, 4) is 5.75 Å². The van der Waals surface area contributed by atoms with E-state index in [0.717, 1.165) is 28.9 Å². The molecule has 0 saturated carbocycles. The fourth-order valence-corrected chi connectivity index (χ4v) is 4.59. The molecule has 0 fully saturated rings. The number of phenols is 1. The predicted molar refractivity (Wildman–Crippen MR) is 115 cm³/mol. The second-order valence-corrected chi connectivity index (χ2v) is 7.62. The number of phenolic OH excluding ortho intramolecular Hbond substituents is 1. The zero-order valence-electron chi connectivity index (χ0n) is 15.9. The normalized spacial score (nSPS) is 21.7. The SMILES string of the molecule is O=C(Nc1ccccc1)c1cccc2c1NC(c1ccccc1O)C1CC=CC21. The standard InChI is InChI=1S/C25H22N2O2/c28-22-15-5-4-10-20(22)23-18-12-6-11-17(18)19-13-7-14-21(24(19)27-23)25(29)26-16-8-2-1-3-9-16/h1-11,13-15,17-18,23,27-28H,12H2,(H,26,29). The third-order valence-corrected chi connectivity index (χ3v) is 5.94. The van der Waals surface area contributed by atoms with Crippen LogP contribution < -0.4 is 10.6 Å². The summed E-state index contributed by atoms with van der Waals surface area (Å²) in [5.41, 5.74) is 4.24. The zero-order chi connectivity index (χ0) is 19.8. The summed E-state index contributed by atoms with van der Waals surface area (Å²) in [6, 6.07) is 22.8. The van der Waals surface area contributed by atoms with Crippen LogP contribution in [0.3, 0.4) is 0 Å². The molecule has 144 valence electrons. The van der Waals surface area contributed by atoms with Gasteiger partial charge in [-0.2, -0.15) is 0 Å². The van der Waals surface area contributed by atoms with Crippen molar-refractivity contribution in [3.63, 3.8) is 0 Å². The van der Waals surface area contributed by atoms with E-state index in [1.807, 2.05) is 60.7 Å². The van der Waals surface area contributed by atoms with Gasteiger partial charge in [-0.3, -0.25) is 4.79 Å². The van der Waals surface area contributed by atoms with E-state index in [1.54, 1.807) is 6.07 Å². The summed E-state index contributed by atoms with van der Waals surface area (Å²) in [6.07, 6.45) is 5.38. The highest BCUT2D eigenvalue weighted by Gasteiger charge is 2.40. The van der Waals surface area contributed by atoms with Gasteiger partial charge >= 0.3 is 0 Å². The Balaban J connectivity index is 1.56. The highest BCUT2D eigenvalue weighted by atomic mass is 16.3. The molecule has 1 aliphatic carbocycles.